The summed E-state index contributed by atoms with van der Waals surface area (Å²) in [6.45, 7) is 0.607. The molecule has 1 amide bonds. The Morgan fingerprint density at radius 3 is 2.17 bits per heavy atom. The van der Waals surface area contributed by atoms with Gasteiger partial charge in [0.15, 0.2) is 0 Å². The Labute approximate surface area is 143 Å². The quantitative estimate of drug-likeness (QED) is 0.927. The molecule has 0 bridgehead atoms. The van der Waals surface area contributed by atoms with Gasteiger partial charge in [0.1, 0.15) is 0 Å². The molecule has 2 unspecified atom stereocenters. The van der Waals surface area contributed by atoms with Gasteiger partial charge in [-0.1, -0.05) is 48.5 Å². The van der Waals surface area contributed by atoms with Gasteiger partial charge >= 0.3 is 0 Å². The number of hydrogen-bond donors (Lipinski definition) is 1. The van der Waals surface area contributed by atoms with Gasteiger partial charge in [0.25, 0.3) is 0 Å². The van der Waals surface area contributed by atoms with E-state index in [1.165, 1.54) is 0 Å². The summed E-state index contributed by atoms with van der Waals surface area (Å²) in [5.41, 5.74) is 8.08. The third kappa shape index (κ3) is 4.34. The number of nitrogens with two attached hydrogens (primary N) is 1. The predicted octanol–water partition coefficient (Wildman–Crippen LogP) is 3.77. The summed E-state index contributed by atoms with van der Waals surface area (Å²) in [6, 6.07) is 20.2. The second-order valence-corrected chi connectivity index (χ2v) is 6.02. The monoisotopic (exact) mass is 330 g/mol. The highest BCUT2D eigenvalue weighted by Crippen LogP contribution is 2.29. The van der Waals surface area contributed by atoms with Gasteiger partial charge < -0.3 is 10.6 Å². The number of para-hydroxylation sites is 1. The fraction of sp³-hybridized carbons (Fsp3) is 0.316. The molecule has 1 fully saturated rings. The standard InChI is InChI=1S/C19H22N2O.ClH/c20-17-12-11-16(13-17)19(22)21(18-9-5-2-6-10-18)14-15-7-3-1-4-8-15;/h1-10,16-17H,11-14,20H2;1H. The number of benzene rings is 2. The summed E-state index contributed by atoms with van der Waals surface area (Å²) in [5, 5.41) is 0. The zero-order valence-electron chi connectivity index (χ0n) is 13.1. The Balaban J connectivity index is 0.00000192. The van der Waals surface area contributed by atoms with Crippen LogP contribution in [-0.2, 0) is 11.3 Å². The highest BCUT2D eigenvalue weighted by Gasteiger charge is 2.31. The SMILES string of the molecule is Cl.NC1CCC(C(=O)N(Cc2ccccc2)c2ccccc2)C1. The van der Waals surface area contributed by atoms with Crippen LogP contribution in [0.3, 0.4) is 0 Å². The third-order valence-electron chi connectivity index (χ3n) is 4.34. The number of carbonyl (C=O) groups excluding carboxylic acids is 1. The first-order valence-corrected chi connectivity index (χ1v) is 7.90. The Bertz CT molecular complexity index is 618. The summed E-state index contributed by atoms with van der Waals surface area (Å²) >= 11 is 0. The molecule has 0 radical (unpaired) electrons. The lowest BCUT2D eigenvalue weighted by molar-refractivity contribution is -0.122. The number of hydrogen-bond acceptors (Lipinski definition) is 2. The van der Waals surface area contributed by atoms with Crippen LogP contribution in [0.2, 0.25) is 0 Å². The molecule has 1 aliphatic carbocycles. The van der Waals surface area contributed by atoms with Crippen LogP contribution in [0.4, 0.5) is 5.69 Å². The van der Waals surface area contributed by atoms with E-state index < -0.39 is 0 Å². The van der Waals surface area contributed by atoms with E-state index in [0.717, 1.165) is 30.5 Å². The van der Waals surface area contributed by atoms with Gasteiger partial charge in [-0.25, -0.2) is 0 Å². The van der Waals surface area contributed by atoms with Gasteiger partial charge in [0, 0.05) is 17.6 Å². The third-order valence-corrected chi connectivity index (χ3v) is 4.34. The first-order valence-electron chi connectivity index (χ1n) is 7.90. The van der Waals surface area contributed by atoms with Crippen LogP contribution in [-0.4, -0.2) is 11.9 Å². The maximum Gasteiger partial charge on any atom is 0.230 e. The molecule has 23 heavy (non-hydrogen) atoms. The molecule has 2 aromatic carbocycles. The van der Waals surface area contributed by atoms with E-state index in [2.05, 4.69) is 12.1 Å². The highest BCUT2D eigenvalue weighted by molar-refractivity contribution is 5.95. The average molecular weight is 331 g/mol. The van der Waals surface area contributed by atoms with Gasteiger partial charge in [0.2, 0.25) is 5.91 Å². The number of nitrogens with zero attached hydrogens (tertiary/aromatic N) is 1. The van der Waals surface area contributed by atoms with Crippen molar-refractivity contribution in [1.29, 1.82) is 0 Å². The van der Waals surface area contributed by atoms with Crippen LogP contribution in [0.15, 0.2) is 60.7 Å². The molecular weight excluding hydrogens is 308 g/mol. The Morgan fingerprint density at radius 2 is 1.61 bits per heavy atom. The van der Waals surface area contributed by atoms with Gasteiger partial charge in [-0.15, -0.1) is 12.4 Å². The molecule has 0 spiro atoms. The van der Waals surface area contributed by atoms with Gasteiger partial charge in [-0.2, -0.15) is 0 Å². The predicted molar refractivity (Wildman–Crippen MR) is 96.6 cm³/mol. The van der Waals surface area contributed by atoms with Crippen molar-refractivity contribution in [2.45, 2.75) is 31.8 Å². The minimum absolute atomic E-state index is 0. The van der Waals surface area contributed by atoms with Crippen LogP contribution < -0.4 is 10.6 Å². The smallest absolute Gasteiger partial charge is 0.230 e. The molecule has 0 aromatic heterocycles. The normalized spacial score (nSPS) is 19.9. The molecule has 1 saturated carbocycles. The van der Waals surface area contributed by atoms with Crippen molar-refractivity contribution in [1.82, 2.24) is 0 Å². The van der Waals surface area contributed by atoms with Crippen molar-refractivity contribution in [3.63, 3.8) is 0 Å². The van der Waals surface area contributed by atoms with E-state index in [9.17, 15) is 4.79 Å². The molecule has 122 valence electrons. The zero-order chi connectivity index (χ0) is 15.4. The maximum absolute atomic E-state index is 13.0. The fourth-order valence-corrected chi connectivity index (χ4v) is 3.13. The largest absolute Gasteiger partial charge is 0.328 e. The molecule has 1 aliphatic rings. The Morgan fingerprint density at radius 1 is 1.00 bits per heavy atom. The molecule has 2 aromatic rings. The summed E-state index contributed by atoms with van der Waals surface area (Å²) in [5.74, 6) is 0.252. The minimum Gasteiger partial charge on any atom is -0.328 e. The van der Waals surface area contributed by atoms with E-state index in [0.29, 0.717) is 6.54 Å². The average Bonchev–Trinajstić information content (AvgIpc) is 3.00. The molecule has 3 nitrogen and oxygen atoms in total. The Kier molecular flexibility index (Phi) is 6.20. The summed E-state index contributed by atoms with van der Waals surface area (Å²) < 4.78 is 0. The molecular formula is C19H23ClN2O. The van der Waals surface area contributed by atoms with Gasteiger partial charge in [0.05, 0.1) is 6.54 Å². The van der Waals surface area contributed by atoms with Crippen LogP contribution in [0.5, 0.6) is 0 Å². The molecule has 0 aliphatic heterocycles. The first-order chi connectivity index (χ1) is 10.7. The summed E-state index contributed by atoms with van der Waals surface area (Å²) in [6.07, 6.45) is 2.65. The van der Waals surface area contributed by atoms with Crippen molar-refractivity contribution in [3.05, 3.63) is 66.2 Å². The second-order valence-electron chi connectivity index (χ2n) is 6.02. The van der Waals surface area contributed by atoms with Gasteiger partial charge in [-0.3, -0.25) is 4.79 Å². The summed E-state index contributed by atoms with van der Waals surface area (Å²) in [4.78, 5) is 14.9. The summed E-state index contributed by atoms with van der Waals surface area (Å²) in [7, 11) is 0. The molecule has 3 rings (SSSR count). The second kappa shape index (κ2) is 8.14. The number of rotatable bonds is 4. The van der Waals surface area contributed by atoms with Crippen molar-refractivity contribution in [2.75, 3.05) is 4.90 Å². The number of anilines is 1. The Hall–Kier alpha value is -1.84. The topological polar surface area (TPSA) is 46.3 Å². The van der Waals surface area contributed by atoms with Crippen molar-refractivity contribution < 1.29 is 4.79 Å². The fourth-order valence-electron chi connectivity index (χ4n) is 3.13. The van der Waals surface area contributed by atoms with Crippen molar-refractivity contribution in [2.24, 2.45) is 11.7 Å². The van der Waals surface area contributed by atoms with E-state index in [4.69, 9.17) is 5.73 Å². The van der Waals surface area contributed by atoms with Crippen LogP contribution in [0.1, 0.15) is 24.8 Å². The van der Waals surface area contributed by atoms with E-state index in [1.54, 1.807) is 0 Å². The number of carbonyl (C=O) groups is 1. The lowest BCUT2D eigenvalue weighted by Crippen LogP contribution is -2.35. The van der Waals surface area contributed by atoms with E-state index in [-0.39, 0.29) is 30.3 Å². The number of amides is 1. The lowest BCUT2D eigenvalue weighted by atomic mass is 10.0. The van der Waals surface area contributed by atoms with Crippen molar-refractivity contribution in [3.8, 4) is 0 Å². The maximum atomic E-state index is 13.0. The molecule has 0 heterocycles. The molecule has 0 saturated heterocycles. The van der Waals surface area contributed by atoms with Crippen LogP contribution in [0, 0.1) is 5.92 Å². The highest BCUT2D eigenvalue weighted by atomic mass is 35.5. The number of halogens is 1. The molecule has 2 N–H and O–H groups in total. The van der Waals surface area contributed by atoms with Gasteiger partial charge in [-0.05, 0) is 37.0 Å². The van der Waals surface area contributed by atoms with Crippen LogP contribution in [0.25, 0.3) is 0 Å². The van der Waals surface area contributed by atoms with E-state index >= 15 is 0 Å². The zero-order valence-corrected chi connectivity index (χ0v) is 13.9. The van der Waals surface area contributed by atoms with Crippen LogP contribution >= 0.6 is 12.4 Å². The minimum atomic E-state index is 0. The molecule has 2 atom stereocenters. The molecule has 4 heteroatoms. The lowest BCUT2D eigenvalue weighted by Gasteiger charge is -2.26. The van der Waals surface area contributed by atoms with E-state index in [1.807, 2.05) is 53.4 Å². The first kappa shape index (κ1) is 17.5. The van der Waals surface area contributed by atoms with Crippen molar-refractivity contribution >= 4 is 24.0 Å².